The lowest BCUT2D eigenvalue weighted by molar-refractivity contribution is 0.636. The first-order valence-electron chi connectivity index (χ1n) is 24.6. The van der Waals surface area contributed by atoms with Crippen LogP contribution in [-0.2, 0) is 0 Å². The van der Waals surface area contributed by atoms with Gasteiger partial charge in [-0.3, -0.25) is 0 Å². The second-order valence-corrected chi connectivity index (χ2v) is 18.8. The first-order valence-corrected chi connectivity index (χ1v) is 24.6. The highest BCUT2D eigenvalue weighted by Gasteiger charge is 2.44. The van der Waals surface area contributed by atoms with Gasteiger partial charge in [-0.05, 0) is 115 Å². The molecule has 0 amide bonds. The highest BCUT2D eigenvalue weighted by atomic mass is 15.2. The number of hydrogen-bond donors (Lipinski definition) is 0. The van der Waals surface area contributed by atoms with Crippen LogP contribution in [0.4, 0.5) is 28.4 Å². The molecular weight excluding hydrogens is 863 g/mol. The van der Waals surface area contributed by atoms with E-state index in [1.54, 1.807) is 0 Å². The lowest BCUT2D eigenvalue weighted by Crippen LogP contribution is -2.26. The highest BCUT2D eigenvalue weighted by Crippen LogP contribution is 2.57. The van der Waals surface area contributed by atoms with Gasteiger partial charge in [0.15, 0.2) is 0 Å². The summed E-state index contributed by atoms with van der Waals surface area (Å²) in [6.07, 6.45) is 4.81. The zero-order valence-electron chi connectivity index (χ0n) is 38.7. The van der Waals surface area contributed by atoms with Crippen molar-refractivity contribution in [1.29, 1.82) is 0 Å². The van der Waals surface area contributed by atoms with Crippen LogP contribution in [0.5, 0.6) is 0 Å². The molecule has 13 aromatic rings. The minimum atomic E-state index is 0.0552. The van der Waals surface area contributed by atoms with Crippen LogP contribution >= 0.6 is 0 Å². The number of anilines is 5. The molecule has 5 nitrogen and oxygen atoms in total. The lowest BCUT2D eigenvalue weighted by Gasteiger charge is -2.34. The third-order valence-corrected chi connectivity index (χ3v) is 15.1. The van der Waals surface area contributed by atoms with Gasteiger partial charge in [0.05, 0.1) is 39.3 Å². The number of fused-ring (bicyclic) bond motifs is 14. The van der Waals surface area contributed by atoms with Crippen LogP contribution in [0.3, 0.4) is 0 Å². The largest absolute Gasteiger partial charge is 0.331 e. The molecule has 0 bridgehead atoms. The fraction of sp³-hybridized carbons (Fsp3) is 0.0303. The van der Waals surface area contributed by atoms with Crippen LogP contribution in [0.1, 0.15) is 28.8 Å². The molecule has 1 aliphatic heterocycles. The van der Waals surface area contributed by atoms with Crippen LogP contribution in [0.25, 0.3) is 77.7 Å². The Morgan fingerprint density at radius 2 is 0.761 bits per heavy atom. The fourth-order valence-electron chi connectivity index (χ4n) is 12.2. The molecule has 4 heterocycles. The molecule has 1 aliphatic carbocycles. The summed E-state index contributed by atoms with van der Waals surface area (Å²) in [6, 6.07) is 91.0. The number of aromatic nitrogens is 3. The van der Waals surface area contributed by atoms with Gasteiger partial charge in [-0.15, -0.1) is 0 Å². The number of hydrogen-bond acceptors (Lipinski definition) is 2. The molecular formula is C66H45N5. The molecule has 0 spiro atoms. The first kappa shape index (κ1) is 39.7. The maximum absolute atomic E-state index is 2.59. The van der Waals surface area contributed by atoms with E-state index in [1.165, 1.54) is 82.7 Å². The molecule has 5 heteroatoms. The third-order valence-electron chi connectivity index (χ3n) is 15.1. The van der Waals surface area contributed by atoms with Gasteiger partial charge in [0.25, 0.3) is 0 Å². The molecule has 10 aromatic carbocycles. The van der Waals surface area contributed by atoms with Gasteiger partial charge in [-0.25, -0.2) is 0 Å². The predicted octanol–water partition coefficient (Wildman–Crippen LogP) is 17.3. The van der Waals surface area contributed by atoms with E-state index in [0.29, 0.717) is 0 Å². The smallest absolute Gasteiger partial charge is 0.0856 e. The average molecular weight is 908 g/mol. The number of rotatable bonds is 7. The van der Waals surface area contributed by atoms with E-state index in [2.05, 4.69) is 284 Å². The van der Waals surface area contributed by atoms with Crippen LogP contribution in [-0.4, -0.2) is 13.7 Å². The van der Waals surface area contributed by atoms with Crippen molar-refractivity contribution in [3.63, 3.8) is 0 Å². The quantitative estimate of drug-likeness (QED) is 0.159. The van der Waals surface area contributed by atoms with Crippen molar-refractivity contribution < 1.29 is 0 Å². The predicted molar refractivity (Wildman–Crippen MR) is 296 cm³/mol. The van der Waals surface area contributed by atoms with Gasteiger partial charge in [0, 0.05) is 83.9 Å². The zero-order chi connectivity index (χ0) is 46.6. The summed E-state index contributed by atoms with van der Waals surface area (Å²) in [5.41, 5.74) is 19.1. The lowest BCUT2D eigenvalue weighted by atomic mass is 9.86. The maximum Gasteiger partial charge on any atom is 0.0856 e. The standard InChI is InChI=1S/C66H45N5/c1-4-18-44(19-5-1)67(47-32-36-49(37-33-47)70-61-30-16-12-26-53(61)57-42-40-55-51-24-10-14-28-59(51)68(63(55)65(57)70)45-20-6-2-7-21-45)48-34-38-50(39-35-48)71-62-31-17-13-27-54(62)58-43-41-56-52-25-11-15-29-60(52)69(64(56)66(58)71)46-22-8-3-9-23-46/h1-43,57,65H. The Bertz CT molecular complexity index is 4220. The van der Waals surface area contributed by atoms with E-state index >= 15 is 0 Å². The summed E-state index contributed by atoms with van der Waals surface area (Å²) in [6.45, 7) is 0. The average Bonchev–Trinajstić information content (AvgIpc) is 4.18. The van der Waals surface area contributed by atoms with E-state index < -0.39 is 0 Å². The first-order chi connectivity index (χ1) is 35.3. The van der Waals surface area contributed by atoms with E-state index in [-0.39, 0.29) is 12.0 Å². The zero-order valence-corrected chi connectivity index (χ0v) is 38.7. The monoisotopic (exact) mass is 907 g/mol. The van der Waals surface area contributed by atoms with Gasteiger partial charge in [-0.2, -0.15) is 0 Å². The molecule has 2 atom stereocenters. The normalized spacial score (nSPS) is 15.0. The number of nitrogens with zero attached hydrogens (tertiary/aromatic N) is 5. The van der Waals surface area contributed by atoms with Crippen molar-refractivity contribution >= 4 is 89.0 Å². The molecule has 2 unspecified atom stereocenters. The van der Waals surface area contributed by atoms with Crippen LogP contribution in [0.15, 0.2) is 255 Å². The van der Waals surface area contributed by atoms with Gasteiger partial charge in [0.1, 0.15) is 0 Å². The number of benzene rings is 10. The molecule has 0 radical (unpaired) electrons. The molecule has 71 heavy (non-hydrogen) atoms. The molecule has 15 rings (SSSR count). The van der Waals surface area contributed by atoms with Gasteiger partial charge in [-0.1, -0.05) is 152 Å². The Kier molecular flexibility index (Phi) is 8.72. The third kappa shape index (κ3) is 5.87. The summed E-state index contributed by atoms with van der Waals surface area (Å²) >= 11 is 0. The van der Waals surface area contributed by atoms with Crippen molar-refractivity contribution in [1.82, 2.24) is 13.7 Å². The van der Waals surface area contributed by atoms with E-state index in [1.807, 2.05) is 0 Å². The van der Waals surface area contributed by atoms with Gasteiger partial charge >= 0.3 is 0 Å². The van der Waals surface area contributed by atoms with Crippen molar-refractivity contribution in [3.8, 4) is 17.1 Å². The second-order valence-electron chi connectivity index (χ2n) is 18.8. The maximum atomic E-state index is 2.59. The van der Waals surface area contributed by atoms with E-state index in [0.717, 1.165) is 34.1 Å². The molecule has 0 N–H and O–H groups in total. The topological polar surface area (TPSA) is 21.3 Å². The Morgan fingerprint density at radius 3 is 1.35 bits per heavy atom. The van der Waals surface area contributed by atoms with Crippen molar-refractivity contribution in [2.75, 3.05) is 9.80 Å². The molecule has 3 aromatic heterocycles. The van der Waals surface area contributed by atoms with E-state index in [4.69, 9.17) is 0 Å². The molecule has 2 aliphatic rings. The summed E-state index contributed by atoms with van der Waals surface area (Å²) < 4.78 is 7.43. The summed E-state index contributed by atoms with van der Waals surface area (Å²) in [5.74, 6) is 0.191. The van der Waals surface area contributed by atoms with Crippen molar-refractivity contribution in [2.45, 2.75) is 12.0 Å². The minimum absolute atomic E-state index is 0.0552. The molecule has 0 saturated carbocycles. The Hall–Kier alpha value is -9.32. The Balaban J connectivity index is 0.867. The summed E-state index contributed by atoms with van der Waals surface area (Å²) in [5, 5.41) is 6.23. The van der Waals surface area contributed by atoms with Crippen LogP contribution in [0.2, 0.25) is 0 Å². The number of para-hydroxylation sites is 7. The van der Waals surface area contributed by atoms with Crippen LogP contribution < -0.4 is 9.80 Å². The van der Waals surface area contributed by atoms with Crippen LogP contribution in [0, 0.1) is 0 Å². The minimum Gasteiger partial charge on any atom is -0.331 e. The van der Waals surface area contributed by atoms with Crippen molar-refractivity contribution in [2.24, 2.45) is 0 Å². The Morgan fingerprint density at radius 1 is 0.324 bits per heavy atom. The summed E-state index contributed by atoms with van der Waals surface area (Å²) in [4.78, 5) is 4.96. The van der Waals surface area contributed by atoms with E-state index in [9.17, 15) is 0 Å². The second kappa shape index (κ2) is 15.6. The van der Waals surface area contributed by atoms with Gasteiger partial charge < -0.3 is 23.5 Å². The Labute approximate surface area is 411 Å². The SMILES string of the molecule is C1=CC2c3ccccc3N(c3ccc(N(c4ccccc4)c4ccc(-n5c6ccccc6c6ccc7c8ccccc8n(-c8ccccc8)c7c65)cc4)cc3)C2c2c1c1ccccc1n2-c1ccccc1. The molecule has 334 valence electrons. The van der Waals surface area contributed by atoms with Gasteiger partial charge in [0.2, 0.25) is 0 Å². The van der Waals surface area contributed by atoms with Crippen molar-refractivity contribution in [3.05, 3.63) is 272 Å². The highest BCUT2D eigenvalue weighted by molar-refractivity contribution is 6.23. The fourth-order valence-corrected chi connectivity index (χ4v) is 12.2. The summed E-state index contributed by atoms with van der Waals surface area (Å²) in [7, 11) is 0. The molecule has 0 saturated heterocycles. The molecule has 0 fully saturated rings.